The Hall–Kier alpha value is -3.40. The molecule has 10 heteroatoms. The van der Waals surface area contributed by atoms with Gasteiger partial charge in [-0.05, 0) is 48.7 Å². The number of halogens is 3. The summed E-state index contributed by atoms with van der Waals surface area (Å²) >= 11 is 0. The number of ether oxygens (including phenoxy) is 3. The first kappa shape index (κ1) is 25.3. The van der Waals surface area contributed by atoms with Crippen LogP contribution in [0, 0.1) is 5.92 Å². The minimum atomic E-state index is -3.18. The zero-order chi connectivity index (χ0) is 26.1. The smallest absolute Gasteiger partial charge is 0.387 e. The quantitative estimate of drug-likeness (QED) is 0.394. The van der Waals surface area contributed by atoms with Gasteiger partial charge in [0.2, 0.25) is 0 Å². The molecule has 1 saturated carbocycles. The highest BCUT2D eigenvalue weighted by Crippen LogP contribution is 2.40. The summed E-state index contributed by atoms with van der Waals surface area (Å²) in [5.74, 6) is 0.285. The van der Waals surface area contributed by atoms with E-state index in [-0.39, 0.29) is 23.5 Å². The molecule has 2 aromatic carbocycles. The van der Waals surface area contributed by atoms with Gasteiger partial charge in [-0.25, -0.2) is 4.39 Å². The molecule has 0 unspecified atom stereocenters. The lowest BCUT2D eigenvalue weighted by molar-refractivity contribution is -0.0502. The molecule has 1 aliphatic carbocycles. The molecule has 3 atom stereocenters. The Labute approximate surface area is 212 Å². The number of nitrogens with zero attached hydrogens (tertiary/aromatic N) is 1. The number of hydrogen-bond donors (Lipinski definition) is 1. The van der Waals surface area contributed by atoms with Gasteiger partial charge in [-0.3, -0.25) is 9.69 Å². The average Bonchev–Trinajstić information content (AvgIpc) is 3.20. The molecule has 0 bridgehead atoms. The van der Waals surface area contributed by atoms with Gasteiger partial charge in [0.15, 0.2) is 0 Å². The summed E-state index contributed by atoms with van der Waals surface area (Å²) in [5.41, 5.74) is 1.39. The van der Waals surface area contributed by atoms with E-state index in [2.05, 4.69) is 21.9 Å². The van der Waals surface area contributed by atoms with E-state index in [1.807, 2.05) is 12.1 Å². The second-order valence-corrected chi connectivity index (χ2v) is 9.61. The highest BCUT2D eigenvalue weighted by atomic mass is 19.3. The van der Waals surface area contributed by atoms with Crippen molar-refractivity contribution in [1.29, 1.82) is 0 Å². The van der Waals surface area contributed by atoms with E-state index in [0.717, 1.165) is 25.0 Å². The van der Waals surface area contributed by atoms with Gasteiger partial charge in [0, 0.05) is 36.5 Å². The molecule has 5 rings (SSSR count). The van der Waals surface area contributed by atoms with E-state index in [4.69, 9.17) is 13.9 Å². The van der Waals surface area contributed by atoms with Gasteiger partial charge < -0.3 is 23.9 Å². The molecule has 198 valence electrons. The number of methoxy groups -OCH3 is 1. The second-order valence-electron chi connectivity index (χ2n) is 9.61. The SMILES string of the molecule is COc1cc(-c2coc3cc(OCCN4CC[C@H](C)C4)ccc23)cc(OC(F)F)c1C(=O)N[C@@H]1C[C@@H]1F. The molecule has 1 aliphatic heterocycles. The number of amides is 1. The standard InChI is InChI=1S/C27H29F3N2O5/c1-15-5-6-32(13-15)7-8-35-17-3-4-18-19(14-36-22(18)11-17)16-9-23(34-2)25(24(10-16)37-27(29)30)26(33)31-21-12-20(21)28/h3-4,9-11,14-15,20-21,27H,5-8,12-13H2,1-2H3,(H,31,33)/t15-,20-,21+/m0/s1. The lowest BCUT2D eigenvalue weighted by atomic mass is 10.0. The van der Waals surface area contributed by atoms with Crippen molar-refractivity contribution >= 4 is 16.9 Å². The van der Waals surface area contributed by atoms with E-state index < -0.39 is 24.7 Å². The Kier molecular flexibility index (Phi) is 7.19. The lowest BCUT2D eigenvalue weighted by Gasteiger charge is -2.16. The van der Waals surface area contributed by atoms with Crippen LogP contribution < -0.4 is 19.5 Å². The van der Waals surface area contributed by atoms with Gasteiger partial charge in [0.05, 0.1) is 19.4 Å². The Morgan fingerprint density at radius 1 is 1.24 bits per heavy atom. The summed E-state index contributed by atoms with van der Waals surface area (Å²) in [6, 6.07) is 7.66. The topological polar surface area (TPSA) is 73.2 Å². The van der Waals surface area contributed by atoms with E-state index in [9.17, 15) is 18.0 Å². The molecule has 1 saturated heterocycles. The number of hydrogen-bond acceptors (Lipinski definition) is 6. The molecule has 1 amide bonds. The number of nitrogens with one attached hydrogen (secondary N) is 1. The number of benzene rings is 2. The molecule has 3 aromatic rings. The van der Waals surface area contributed by atoms with Gasteiger partial charge >= 0.3 is 6.61 Å². The van der Waals surface area contributed by atoms with Gasteiger partial charge in [0.25, 0.3) is 5.91 Å². The fourth-order valence-electron chi connectivity index (χ4n) is 4.72. The highest BCUT2D eigenvalue weighted by Gasteiger charge is 2.40. The molecule has 1 N–H and O–H groups in total. The van der Waals surface area contributed by atoms with Crippen LogP contribution in [0.3, 0.4) is 0 Å². The van der Waals surface area contributed by atoms with Crippen LogP contribution in [0.15, 0.2) is 41.0 Å². The van der Waals surface area contributed by atoms with E-state index in [0.29, 0.717) is 35.0 Å². The number of rotatable bonds is 10. The Balaban J connectivity index is 1.39. The monoisotopic (exact) mass is 518 g/mol. The van der Waals surface area contributed by atoms with Gasteiger partial charge in [-0.15, -0.1) is 0 Å². The summed E-state index contributed by atoms with van der Waals surface area (Å²) in [6.45, 7) is 2.66. The third-order valence-electron chi connectivity index (χ3n) is 6.80. The maximum atomic E-state index is 13.3. The number of likely N-dealkylation sites (tertiary alicyclic amines) is 1. The Bertz CT molecular complexity index is 1280. The van der Waals surface area contributed by atoms with Crippen LogP contribution in [0.1, 0.15) is 30.1 Å². The zero-order valence-electron chi connectivity index (χ0n) is 20.6. The van der Waals surface area contributed by atoms with Crippen LogP contribution in [0.2, 0.25) is 0 Å². The minimum Gasteiger partial charge on any atom is -0.496 e. The van der Waals surface area contributed by atoms with Gasteiger partial charge in [-0.1, -0.05) is 6.92 Å². The second kappa shape index (κ2) is 10.5. The van der Waals surface area contributed by atoms with Gasteiger partial charge in [-0.2, -0.15) is 8.78 Å². The van der Waals surface area contributed by atoms with Crippen molar-refractivity contribution in [3.8, 4) is 28.4 Å². The molecule has 0 spiro atoms. The molecule has 37 heavy (non-hydrogen) atoms. The van der Waals surface area contributed by atoms with Crippen LogP contribution >= 0.6 is 0 Å². The molecule has 2 heterocycles. The summed E-state index contributed by atoms with van der Waals surface area (Å²) in [7, 11) is 1.32. The molecular weight excluding hydrogens is 489 g/mol. The summed E-state index contributed by atoms with van der Waals surface area (Å²) < 4.78 is 61.5. The largest absolute Gasteiger partial charge is 0.496 e. The first-order chi connectivity index (χ1) is 17.8. The first-order valence-electron chi connectivity index (χ1n) is 12.3. The summed E-state index contributed by atoms with van der Waals surface area (Å²) in [6.07, 6.45) is 1.74. The highest BCUT2D eigenvalue weighted by molar-refractivity contribution is 6.02. The fourth-order valence-corrected chi connectivity index (χ4v) is 4.72. The Morgan fingerprint density at radius 2 is 2.03 bits per heavy atom. The maximum Gasteiger partial charge on any atom is 0.387 e. The lowest BCUT2D eigenvalue weighted by Crippen LogP contribution is -2.28. The molecule has 2 fully saturated rings. The van der Waals surface area contributed by atoms with Crippen molar-refractivity contribution in [2.75, 3.05) is 33.4 Å². The predicted octanol–water partition coefficient (Wildman–Crippen LogP) is 5.27. The van der Waals surface area contributed by atoms with Crippen molar-refractivity contribution in [3.05, 3.63) is 42.2 Å². The zero-order valence-corrected chi connectivity index (χ0v) is 20.6. The molecular formula is C27H29F3N2O5. The van der Waals surface area contributed by atoms with Crippen molar-refractivity contribution < 1.29 is 36.6 Å². The van der Waals surface area contributed by atoms with E-state index >= 15 is 0 Å². The minimum absolute atomic E-state index is 0.0206. The van der Waals surface area contributed by atoms with Crippen LogP contribution in [-0.2, 0) is 0 Å². The average molecular weight is 519 g/mol. The summed E-state index contributed by atoms with van der Waals surface area (Å²) in [5, 5.41) is 3.20. The van der Waals surface area contributed by atoms with Crippen molar-refractivity contribution in [1.82, 2.24) is 10.2 Å². The number of carbonyl (C=O) groups is 1. The van der Waals surface area contributed by atoms with Crippen LogP contribution in [0.5, 0.6) is 17.2 Å². The van der Waals surface area contributed by atoms with Crippen LogP contribution in [0.4, 0.5) is 13.2 Å². The van der Waals surface area contributed by atoms with Crippen LogP contribution in [0.25, 0.3) is 22.1 Å². The maximum absolute atomic E-state index is 13.3. The number of alkyl halides is 3. The number of furan rings is 1. The van der Waals surface area contributed by atoms with Crippen LogP contribution in [-0.4, -0.2) is 63.0 Å². The molecule has 1 aromatic heterocycles. The van der Waals surface area contributed by atoms with Gasteiger partial charge in [0.1, 0.15) is 41.2 Å². The third kappa shape index (κ3) is 5.64. The molecule has 2 aliphatic rings. The molecule has 7 nitrogen and oxygen atoms in total. The van der Waals surface area contributed by atoms with E-state index in [1.54, 1.807) is 12.1 Å². The first-order valence-corrected chi connectivity index (χ1v) is 12.3. The van der Waals surface area contributed by atoms with Crippen molar-refractivity contribution in [2.45, 2.75) is 38.6 Å². The fraction of sp³-hybridized carbons (Fsp3) is 0.444. The number of carbonyl (C=O) groups excluding carboxylic acids is 1. The Morgan fingerprint density at radius 3 is 2.70 bits per heavy atom. The normalized spacial score (nSPS) is 21.4. The predicted molar refractivity (Wildman–Crippen MR) is 131 cm³/mol. The number of fused-ring (bicyclic) bond motifs is 1. The van der Waals surface area contributed by atoms with E-state index in [1.165, 1.54) is 25.9 Å². The molecule has 0 radical (unpaired) electrons. The third-order valence-corrected chi connectivity index (χ3v) is 6.80. The van der Waals surface area contributed by atoms with Crippen molar-refractivity contribution in [3.63, 3.8) is 0 Å². The van der Waals surface area contributed by atoms with Crippen molar-refractivity contribution in [2.24, 2.45) is 5.92 Å². The summed E-state index contributed by atoms with van der Waals surface area (Å²) in [4.78, 5) is 15.1.